The summed E-state index contributed by atoms with van der Waals surface area (Å²) in [6.45, 7) is 3.90. The molecule has 4 rings (SSSR count). The van der Waals surface area contributed by atoms with Gasteiger partial charge in [0.25, 0.3) is 0 Å². The first-order chi connectivity index (χ1) is 14.4. The van der Waals surface area contributed by atoms with E-state index in [2.05, 4.69) is 16.5 Å². The molecule has 0 N–H and O–H groups in total. The van der Waals surface area contributed by atoms with Crippen LogP contribution in [0, 0.1) is 5.92 Å². The predicted molar refractivity (Wildman–Crippen MR) is 111 cm³/mol. The number of imide groups is 1. The van der Waals surface area contributed by atoms with E-state index in [0.717, 1.165) is 36.5 Å². The fraction of sp³-hybridized carbons (Fsp3) is 0.476. The predicted octanol–water partition coefficient (Wildman–Crippen LogP) is 2.20. The lowest BCUT2D eigenvalue weighted by molar-refractivity contribution is -0.121. The van der Waals surface area contributed by atoms with E-state index in [1.807, 2.05) is 12.4 Å². The van der Waals surface area contributed by atoms with Gasteiger partial charge < -0.3 is 4.57 Å². The Labute approximate surface area is 176 Å². The molecule has 0 bridgehead atoms. The Morgan fingerprint density at radius 1 is 1.03 bits per heavy atom. The van der Waals surface area contributed by atoms with E-state index in [9.17, 15) is 18.0 Å². The first-order valence-electron chi connectivity index (χ1n) is 10.4. The molecular weight excluding hydrogens is 404 g/mol. The second-order valence-electron chi connectivity index (χ2n) is 7.81. The van der Waals surface area contributed by atoms with Gasteiger partial charge in [0.1, 0.15) is 5.82 Å². The van der Waals surface area contributed by atoms with Crippen LogP contribution in [0.4, 0.5) is 5.69 Å². The molecule has 2 fully saturated rings. The van der Waals surface area contributed by atoms with Crippen LogP contribution in [-0.4, -0.2) is 47.2 Å². The van der Waals surface area contributed by atoms with E-state index in [1.54, 1.807) is 0 Å². The number of amides is 2. The van der Waals surface area contributed by atoms with Crippen LogP contribution in [0.3, 0.4) is 0 Å². The van der Waals surface area contributed by atoms with Crippen molar-refractivity contribution >= 4 is 27.5 Å². The first-order valence-corrected chi connectivity index (χ1v) is 11.8. The Balaban J connectivity index is 1.41. The molecule has 2 aliphatic rings. The summed E-state index contributed by atoms with van der Waals surface area (Å²) >= 11 is 0. The van der Waals surface area contributed by atoms with Gasteiger partial charge in [-0.05, 0) is 43.0 Å². The largest absolute Gasteiger partial charge is 0.335 e. The average Bonchev–Trinajstić information content (AvgIpc) is 3.34. The summed E-state index contributed by atoms with van der Waals surface area (Å²) in [6.07, 6.45) is 6.68. The minimum atomic E-state index is -3.60. The Hall–Kier alpha value is -2.52. The average molecular weight is 431 g/mol. The molecule has 2 saturated heterocycles. The smallest absolute Gasteiger partial charge is 0.243 e. The van der Waals surface area contributed by atoms with Crippen LogP contribution >= 0.6 is 0 Å². The van der Waals surface area contributed by atoms with Gasteiger partial charge in [0.15, 0.2) is 0 Å². The first kappa shape index (κ1) is 20.7. The maximum Gasteiger partial charge on any atom is 0.243 e. The van der Waals surface area contributed by atoms with Crippen molar-refractivity contribution < 1.29 is 18.0 Å². The molecule has 0 unspecified atom stereocenters. The van der Waals surface area contributed by atoms with Gasteiger partial charge in [-0.2, -0.15) is 4.31 Å². The summed E-state index contributed by atoms with van der Waals surface area (Å²) in [5, 5.41) is 0. The van der Waals surface area contributed by atoms with E-state index < -0.39 is 10.0 Å². The van der Waals surface area contributed by atoms with Crippen molar-refractivity contribution in [1.82, 2.24) is 13.9 Å². The molecule has 0 spiro atoms. The number of nitrogens with zero attached hydrogens (tertiary/aromatic N) is 4. The molecule has 0 atom stereocenters. The highest BCUT2D eigenvalue weighted by Crippen LogP contribution is 2.28. The molecule has 0 saturated carbocycles. The lowest BCUT2D eigenvalue weighted by Crippen LogP contribution is -2.39. The highest BCUT2D eigenvalue weighted by molar-refractivity contribution is 7.89. The molecule has 2 amide bonds. The third-order valence-corrected chi connectivity index (χ3v) is 7.84. The molecule has 0 radical (unpaired) electrons. The van der Waals surface area contributed by atoms with Gasteiger partial charge in [0.05, 0.1) is 10.6 Å². The minimum absolute atomic E-state index is 0.187. The highest BCUT2D eigenvalue weighted by Gasteiger charge is 2.32. The second-order valence-corrected chi connectivity index (χ2v) is 9.75. The van der Waals surface area contributed by atoms with Crippen LogP contribution in [0.1, 0.15) is 38.4 Å². The number of aryl methyl sites for hydroxylation is 1. The highest BCUT2D eigenvalue weighted by atomic mass is 32.2. The van der Waals surface area contributed by atoms with Crippen LogP contribution in [0.25, 0.3) is 0 Å². The van der Waals surface area contributed by atoms with Gasteiger partial charge in [-0.15, -0.1) is 0 Å². The second kappa shape index (κ2) is 8.31. The van der Waals surface area contributed by atoms with Crippen molar-refractivity contribution in [3.8, 4) is 0 Å². The number of imidazole rings is 1. The van der Waals surface area contributed by atoms with Crippen molar-refractivity contribution in [2.45, 2.75) is 50.5 Å². The summed E-state index contributed by atoms with van der Waals surface area (Å²) in [7, 11) is -3.60. The van der Waals surface area contributed by atoms with Crippen LogP contribution in [-0.2, 0) is 32.6 Å². The number of sulfonamides is 1. The number of benzene rings is 1. The number of anilines is 1. The Morgan fingerprint density at radius 2 is 1.67 bits per heavy atom. The number of carbonyl (C=O) groups excluding carboxylic acids is 2. The van der Waals surface area contributed by atoms with E-state index in [0.29, 0.717) is 24.7 Å². The van der Waals surface area contributed by atoms with E-state index >= 15 is 0 Å². The molecule has 3 heterocycles. The Bertz CT molecular complexity index is 1020. The fourth-order valence-corrected chi connectivity index (χ4v) is 5.68. The van der Waals surface area contributed by atoms with Gasteiger partial charge >= 0.3 is 0 Å². The lowest BCUT2D eigenvalue weighted by Gasteiger charge is -2.31. The van der Waals surface area contributed by atoms with Crippen molar-refractivity contribution in [3.05, 3.63) is 42.5 Å². The van der Waals surface area contributed by atoms with Crippen molar-refractivity contribution in [2.24, 2.45) is 5.92 Å². The zero-order valence-electron chi connectivity index (χ0n) is 17.0. The molecule has 9 heteroatoms. The molecular formula is C21H26N4O4S. The summed E-state index contributed by atoms with van der Waals surface area (Å²) < 4.78 is 29.8. The SMILES string of the molecule is CCc1nccn1CC1CCN(S(=O)(=O)c2ccc(N3C(=O)CCC3=O)cc2)CC1. The van der Waals surface area contributed by atoms with Gasteiger partial charge in [0, 0.05) is 51.3 Å². The minimum Gasteiger partial charge on any atom is -0.335 e. The number of aromatic nitrogens is 2. The molecule has 2 aliphatic heterocycles. The summed E-state index contributed by atoms with van der Waals surface area (Å²) in [4.78, 5) is 29.4. The summed E-state index contributed by atoms with van der Waals surface area (Å²) in [5.74, 6) is 0.981. The van der Waals surface area contributed by atoms with Crippen LogP contribution < -0.4 is 4.90 Å². The summed E-state index contributed by atoms with van der Waals surface area (Å²) in [6, 6.07) is 6.03. The third-order valence-electron chi connectivity index (χ3n) is 5.93. The lowest BCUT2D eigenvalue weighted by atomic mass is 9.98. The molecule has 1 aromatic carbocycles. The maximum absolute atomic E-state index is 13.0. The number of hydrogen-bond donors (Lipinski definition) is 0. The third kappa shape index (κ3) is 3.91. The Kier molecular flexibility index (Phi) is 5.75. The van der Waals surface area contributed by atoms with Crippen LogP contribution in [0.2, 0.25) is 0 Å². The standard InChI is InChI=1S/C21H26N4O4S/c1-2-19-22-11-14-23(19)15-16-9-12-24(13-10-16)30(28,29)18-5-3-17(4-6-18)25-20(26)7-8-21(25)27/h3-6,11,14,16H,2,7-10,12-13,15H2,1H3. The Morgan fingerprint density at radius 3 is 2.27 bits per heavy atom. The normalized spacial score (nSPS) is 19.0. The van der Waals surface area contributed by atoms with Gasteiger partial charge in [-0.3, -0.25) is 14.5 Å². The van der Waals surface area contributed by atoms with E-state index in [-0.39, 0.29) is 29.6 Å². The summed E-state index contributed by atoms with van der Waals surface area (Å²) in [5.41, 5.74) is 0.423. The van der Waals surface area contributed by atoms with Crippen LogP contribution in [0.5, 0.6) is 0 Å². The zero-order valence-corrected chi connectivity index (χ0v) is 17.8. The topological polar surface area (TPSA) is 92.6 Å². The van der Waals surface area contributed by atoms with Gasteiger partial charge in [-0.1, -0.05) is 6.92 Å². The molecule has 1 aromatic heterocycles. The van der Waals surface area contributed by atoms with Crippen molar-refractivity contribution in [3.63, 3.8) is 0 Å². The molecule has 8 nitrogen and oxygen atoms in total. The molecule has 160 valence electrons. The van der Waals surface area contributed by atoms with Gasteiger partial charge in [0.2, 0.25) is 21.8 Å². The van der Waals surface area contributed by atoms with Crippen molar-refractivity contribution in [1.29, 1.82) is 0 Å². The number of rotatable bonds is 6. The molecule has 0 aliphatic carbocycles. The van der Waals surface area contributed by atoms with E-state index in [4.69, 9.17) is 0 Å². The maximum atomic E-state index is 13.0. The van der Waals surface area contributed by atoms with Gasteiger partial charge in [-0.25, -0.2) is 13.4 Å². The zero-order chi connectivity index (χ0) is 21.3. The molecule has 30 heavy (non-hydrogen) atoms. The number of carbonyl (C=O) groups is 2. The van der Waals surface area contributed by atoms with Crippen molar-refractivity contribution in [2.75, 3.05) is 18.0 Å². The quantitative estimate of drug-likeness (QED) is 0.655. The number of piperidine rings is 1. The van der Waals surface area contributed by atoms with Crippen LogP contribution in [0.15, 0.2) is 41.6 Å². The fourth-order valence-electron chi connectivity index (χ4n) is 4.21. The monoisotopic (exact) mass is 430 g/mol. The number of hydrogen-bond acceptors (Lipinski definition) is 5. The van der Waals surface area contributed by atoms with E-state index in [1.165, 1.54) is 28.6 Å². The molecule has 2 aromatic rings.